The number of rotatable bonds is 6. The van der Waals surface area contributed by atoms with Crippen molar-refractivity contribution in [2.75, 3.05) is 62.7 Å². The Hall–Kier alpha value is -3.87. The zero-order valence-corrected chi connectivity index (χ0v) is 21.3. The number of ether oxygens (including phenoxy) is 1. The number of imidazole rings is 1. The van der Waals surface area contributed by atoms with Crippen molar-refractivity contribution in [1.29, 1.82) is 0 Å². The lowest BCUT2D eigenvalue weighted by atomic mass is 10.2. The molecule has 0 aliphatic carbocycles. The van der Waals surface area contributed by atoms with Gasteiger partial charge in [-0.05, 0) is 19.1 Å². The Bertz CT molecular complexity index is 1320. The van der Waals surface area contributed by atoms with Gasteiger partial charge < -0.3 is 24.8 Å². The number of anilines is 2. The van der Waals surface area contributed by atoms with E-state index in [2.05, 4.69) is 20.3 Å². The third kappa shape index (κ3) is 5.23. The Labute approximate surface area is 218 Å². The highest BCUT2D eigenvalue weighted by Gasteiger charge is 2.28. The minimum absolute atomic E-state index is 0.0145. The van der Waals surface area contributed by atoms with Crippen LogP contribution in [0.3, 0.4) is 0 Å². The van der Waals surface area contributed by atoms with E-state index >= 15 is 0 Å². The lowest BCUT2D eigenvalue weighted by molar-refractivity contribution is -0.138. The van der Waals surface area contributed by atoms with E-state index in [1.165, 1.54) is 11.5 Å². The van der Waals surface area contributed by atoms with Gasteiger partial charge in [0.25, 0.3) is 6.43 Å². The van der Waals surface area contributed by atoms with Crippen molar-refractivity contribution in [3.05, 3.63) is 36.2 Å². The Balaban J connectivity index is 1.47. The molecule has 11 nitrogen and oxygen atoms in total. The number of alkyl halides is 2. The van der Waals surface area contributed by atoms with Crippen molar-refractivity contribution in [3.8, 4) is 5.82 Å². The Morgan fingerprint density at radius 1 is 0.947 bits per heavy atom. The number of carbonyl (C=O) groups excluding carboxylic acids is 2. The van der Waals surface area contributed by atoms with Gasteiger partial charge in [-0.25, -0.2) is 13.8 Å². The number of fused-ring (bicyclic) bond motifs is 1. The van der Waals surface area contributed by atoms with Crippen LogP contribution in [0, 0.1) is 0 Å². The predicted octanol–water partition coefficient (Wildman–Crippen LogP) is 2.08. The first-order valence-corrected chi connectivity index (χ1v) is 12.6. The van der Waals surface area contributed by atoms with Crippen LogP contribution in [-0.4, -0.2) is 99.7 Å². The first-order valence-electron chi connectivity index (χ1n) is 12.6. The van der Waals surface area contributed by atoms with Crippen LogP contribution in [-0.2, 0) is 14.3 Å². The van der Waals surface area contributed by atoms with Crippen molar-refractivity contribution in [3.63, 3.8) is 0 Å². The first-order chi connectivity index (χ1) is 18.3. The number of aromatic nitrogens is 4. The van der Waals surface area contributed by atoms with E-state index in [0.29, 0.717) is 69.3 Å². The summed E-state index contributed by atoms with van der Waals surface area (Å²) in [7, 11) is 0. The van der Waals surface area contributed by atoms with E-state index in [1.54, 1.807) is 47.1 Å². The Morgan fingerprint density at radius 2 is 1.61 bits per heavy atom. The van der Waals surface area contributed by atoms with Gasteiger partial charge in [0.2, 0.25) is 17.8 Å². The van der Waals surface area contributed by atoms with Crippen LogP contribution in [0.25, 0.3) is 16.9 Å². The number of amides is 2. The summed E-state index contributed by atoms with van der Waals surface area (Å²) in [6.45, 7) is 7.23. The second-order valence-corrected chi connectivity index (χ2v) is 9.30. The average Bonchev–Trinajstić information content (AvgIpc) is 3.33. The fraction of sp³-hybridized carbons (Fsp3) is 0.480. The zero-order valence-electron chi connectivity index (χ0n) is 21.3. The van der Waals surface area contributed by atoms with Gasteiger partial charge in [-0.2, -0.15) is 9.97 Å². The molecule has 38 heavy (non-hydrogen) atoms. The monoisotopic (exact) mass is 528 g/mol. The van der Waals surface area contributed by atoms with Crippen LogP contribution in [0.15, 0.2) is 30.3 Å². The largest absolute Gasteiger partial charge is 0.378 e. The van der Waals surface area contributed by atoms with E-state index < -0.39 is 18.3 Å². The van der Waals surface area contributed by atoms with Gasteiger partial charge in [-0.1, -0.05) is 12.1 Å². The van der Waals surface area contributed by atoms with E-state index in [4.69, 9.17) is 4.74 Å². The zero-order chi connectivity index (χ0) is 26.8. The summed E-state index contributed by atoms with van der Waals surface area (Å²) in [6.07, 6.45) is -2.82. The maximum atomic E-state index is 14.1. The summed E-state index contributed by atoms with van der Waals surface area (Å²) in [5, 5.41) is 3.08. The molecule has 2 fully saturated rings. The summed E-state index contributed by atoms with van der Waals surface area (Å²) in [5.74, 6) is 0.313. The number of benzene rings is 1. The molecule has 2 aliphatic heterocycles. The highest BCUT2D eigenvalue weighted by atomic mass is 19.3. The van der Waals surface area contributed by atoms with Gasteiger partial charge in [0, 0.05) is 52.3 Å². The van der Waals surface area contributed by atoms with E-state index in [1.807, 2.05) is 4.90 Å². The van der Waals surface area contributed by atoms with Gasteiger partial charge in [-0.15, -0.1) is 0 Å². The second kappa shape index (κ2) is 10.9. The van der Waals surface area contributed by atoms with Gasteiger partial charge in [0.15, 0.2) is 5.82 Å². The van der Waals surface area contributed by atoms with Crippen LogP contribution in [0.5, 0.6) is 0 Å². The first kappa shape index (κ1) is 25.8. The minimum Gasteiger partial charge on any atom is -0.378 e. The molecule has 0 bridgehead atoms. The van der Waals surface area contributed by atoms with E-state index in [0.717, 1.165) is 0 Å². The minimum atomic E-state index is -2.82. The van der Waals surface area contributed by atoms with Crippen molar-refractivity contribution < 1.29 is 23.1 Å². The molecule has 5 rings (SSSR count). The molecule has 13 heteroatoms. The van der Waals surface area contributed by atoms with Crippen molar-refractivity contribution in [2.45, 2.75) is 26.3 Å². The van der Waals surface area contributed by atoms with Crippen molar-refractivity contribution in [2.24, 2.45) is 0 Å². The lowest BCUT2D eigenvalue weighted by Crippen LogP contribution is -2.53. The molecule has 1 N–H and O–H groups in total. The molecular formula is C25H30F2N8O3. The highest BCUT2D eigenvalue weighted by Crippen LogP contribution is 2.29. The number of carbonyl (C=O) groups is 2. The standard InChI is InChI=1S/C25H30F2N8O3/c1-16(24(37)34-9-7-32(8-10-34)17(2)36)28-25-30-20(33-11-13-38-14-12-33)15-21(31-25)35-19-6-4-3-5-18(19)29-23(35)22(26)27/h3-6,15-16,22H,7-14H2,1-2H3,(H,28,30,31)/t16-/m0/s1. The van der Waals surface area contributed by atoms with Crippen LogP contribution in [0.4, 0.5) is 20.5 Å². The summed E-state index contributed by atoms with van der Waals surface area (Å²) in [4.78, 5) is 43.5. The smallest absolute Gasteiger partial charge is 0.296 e. The van der Waals surface area contributed by atoms with Gasteiger partial charge in [0.1, 0.15) is 17.7 Å². The van der Waals surface area contributed by atoms with Gasteiger partial charge in [-0.3, -0.25) is 14.2 Å². The molecule has 4 heterocycles. The number of para-hydroxylation sites is 2. The normalized spacial score (nSPS) is 17.2. The number of nitrogens with zero attached hydrogens (tertiary/aromatic N) is 7. The maximum Gasteiger partial charge on any atom is 0.296 e. The molecule has 202 valence electrons. The summed E-state index contributed by atoms with van der Waals surface area (Å²) in [5.41, 5.74) is 0.921. The molecule has 0 spiro atoms. The number of nitrogens with one attached hydrogen (secondary N) is 1. The van der Waals surface area contributed by atoms with Crippen LogP contribution < -0.4 is 10.2 Å². The predicted molar refractivity (Wildman–Crippen MR) is 137 cm³/mol. The SMILES string of the molecule is CC(=O)N1CCN(C(=O)[C@H](C)Nc2nc(N3CCOCC3)cc(-n3c(C(F)F)nc4ccccc43)n2)CC1. The number of halogens is 2. The van der Waals surface area contributed by atoms with Gasteiger partial charge in [0.05, 0.1) is 24.2 Å². The molecular weight excluding hydrogens is 498 g/mol. The van der Waals surface area contributed by atoms with E-state index in [9.17, 15) is 18.4 Å². The molecule has 0 saturated carbocycles. The maximum absolute atomic E-state index is 14.1. The topological polar surface area (TPSA) is 109 Å². The number of hydrogen-bond acceptors (Lipinski definition) is 8. The third-order valence-corrected chi connectivity index (χ3v) is 6.80. The Morgan fingerprint density at radius 3 is 2.29 bits per heavy atom. The summed E-state index contributed by atoms with van der Waals surface area (Å²) in [6, 6.07) is 7.86. The quantitative estimate of drug-likeness (QED) is 0.518. The lowest BCUT2D eigenvalue weighted by Gasteiger charge is -2.35. The number of hydrogen-bond donors (Lipinski definition) is 1. The third-order valence-electron chi connectivity index (χ3n) is 6.80. The average molecular weight is 529 g/mol. The van der Waals surface area contributed by atoms with E-state index in [-0.39, 0.29) is 23.6 Å². The molecule has 3 aromatic rings. The number of morpholine rings is 1. The molecule has 1 atom stereocenters. The Kier molecular flexibility index (Phi) is 7.36. The van der Waals surface area contributed by atoms with Crippen LogP contribution in [0.2, 0.25) is 0 Å². The second-order valence-electron chi connectivity index (χ2n) is 9.30. The van der Waals surface area contributed by atoms with Crippen LogP contribution >= 0.6 is 0 Å². The molecule has 0 radical (unpaired) electrons. The molecule has 2 amide bonds. The van der Waals surface area contributed by atoms with Crippen molar-refractivity contribution in [1.82, 2.24) is 29.3 Å². The summed E-state index contributed by atoms with van der Waals surface area (Å²) >= 11 is 0. The highest BCUT2D eigenvalue weighted by molar-refractivity contribution is 5.84. The molecule has 2 saturated heterocycles. The molecule has 2 aromatic heterocycles. The molecule has 0 unspecified atom stereocenters. The van der Waals surface area contributed by atoms with Crippen molar-refractivity contribution >= 4 is 34.6 Å². The number of piperazine rings is 1. The fourth-order valence-electron chi connectivity index (χ4n) is 4.76. The van der Waals surface area contributed by atoms with Gasteiger partial charge >= 0.3 is 0 Å². The molecule has 2 aliphatic rings. The fourth-order valence-corrected chi connectivity index (χ4v) is 4.76. The van der Waals surface area contributed by atoms with Crippen LogP contribution in [0.1, 0.15) is 26.1 Å². The molecule has 1 aromatic carbocycles. The summed E-state index contributed by atoms with van der Waals surface area (Å²) < 4.78 is 34.9.